The molecule has 0 saturated carbocycles. The van der Waals surface area contributed by atoms with Crippen molar-refractivity contribution in [3.8, 4) is 84.5 Å². The summed E-state index contributed by atoms with van der Waals surface area (Å²) in [5.41, 5.74) is 9.05. The van der Waals surface area contributed by atoms with E-state index in [1.165, 1.54) is 0 Å². The molecule has 0 saturated heterocycles. The number of rotatable bonds is 3. The van der Waals surface area contributed by atoms with Crippen molar-refractivity contribution in [2.45, 2.75) is 78.6 Å². The third kappa shape index (κ3) is 10.2. The van der Waals surface area contributed by atoms with E-state index in [9.17, 15) is 6.85 Å². The van der Waals surface area contributed by atoms with Crippen LogP contribution in [0.1, 0.15) is 96.8 Å². The van der Waals surface area contributed by atoms with E-state index in [-0.39, 0.29) is 78.6 Å². The summed E-state index contributed by atoms with van der Waals surface area (Å²) >= 11 is 0. The number of hydrogen-bond donors (Lipinski definition) is 0. The van der Waals surface area contributed by atoms with Crippen molar-refractivity contribution >= 4 is 44.6 Å². The minimum atomic E-state index is -0.638. The quantitative estimate of drug-likeness (QED) is 0.165. The van der Waals surface area contributed by atoms with Crippen LogP contribution in [0.15, 0.2) is 224 Å². The number of benzene rings is 10. The van der Waals surface area contributed by atoms with E-state index in [2.05, 4.69) is 104 Å². The molecule has 422 valence electrons. The summed E-state index contributed by atoms with van der Waals surface area (Å²) in [6.45, 7) is 21.0. The third-order valence-corrected chi connectivity index (χ3v) is 15.6. The molecule has 10 aromatic carbocycles. The third-order valence-electron chi connectivity index (χ3n) is 15.6. The maximum absolute atomic E-state index is 10.1. The van der Waals surface area contributed by atoms with Crippen molar-refractivity contribution < 1.29 is 48.4 Å². The van der Waals surface area contributed by atoms with Crippen molar-refractivity contribution in [3.63, 3.8) is 0 Å². The van der Waals surface area contributed by atoms with Crippen LogP contribution in [-0.4, -0.2) is 9.55 Å². The number of fused-ring (bicyclic) bond motifs is 5. The first-order chi connectivity index (χ1) is 45.9. The first-order valence-electron chi connectivity index (χ1n) is 34.5. The second-order valence-electron chi connectivity index (χ2n) is 24.4. The van der Waals surface area contributed by atoms with Crippen molar-refractivity contribution in [2.75, 3.05) is 9.80 Å². The van der Waals surface area contributed by atoms with Crippen molar-refractivity contribution in [1.29, 1.82) is 0 Å². The second kappa shape index (κ2) is 21.3. The standard InChI is InChI=1S/C78H65N4O2.Pt/c1-76(2,3)56-39-54(51-24-14-11-15-25-51)38-55(40-56)65-43-57(77(4,5)6)44-66-64-30-16-19-33-73(64)84-59-28-20-26-53(41-59)67-48-79-74(47-68(67)78(7,8)9)82-71-42-52(50-22-12-10-13-23-50)34-36-62(71)63-37-35-61(46-72(63)82)83-60-29-21-27-58(45-60)80-49-81(75(65)66)70-32-18-17-31-69(70)80;/h10-44,47-49H,1-9H3;/q-3;/i10D,11D,12D,13D,14D,15D,22D,23D,24D,25D,34D,36D,42D;. The molecule has 0 atom stereocenters. The molecule has 2 aromatic heterocycles. The van der Waals surface area contributed by atoms with Gasteiger partial charge >= 0.3 is 0 Å². The van der Waals surface area contributed by atoms with Gasteiger partial charge in [-0.2, -0.15) is 12.1 Å². The minimum Gasteiger partial charge on any atom is -0.509 e. The van der Waals surface area contributed by atoms with Crippen LogP contribution in [0, 0.1) is 18.8 Å². The average Bonchev–Trinajstić information content (AvgIpc) is 1.49. The van der Waals surface area contributed by atoms with Crippen LogP contribution in [0.2, 0.25) is 0 Å². The van der Waals surface area contributed by atoms with Gasteiger partial charge in [-0.05, 0) is 132 Å². The van der Waals surface area contributed by atoms with Crippen molar-refractivity contribution in [3.05, 3.63) is 260 Å². The van der Waals surface area contributed by atoms with Crippen LogP contribution in [0.4, 0.5) is 22.7 Å². The van der Waals surface area contributed by atoms with Crippen LogP contribution < -0.4 is 19.3 Å². The molecule has 15 rings (SSSR count). The molecule has 5 heterocycles. The Morgan fingerprint density at radius 2 is 1.14 bits per heavy atom. The summed E-state index contributed by atoms with van der Waals surface area (Å²) in [6, 6.07) is 45.8. The molecule has 3 aliphatic heterocycles. The number of aromatic nitrogens is 2. The molecule has 0 unspecified atom stereocenters. The first kappa shape index (κ1) is 41.9. The summed E-state index contributed by atoms with van der Waals surface area (Å²) in [7, 11) is 0. The Morgan fingerprint density at radius 3 is 1.88 bits per heavy atom. The molecule has 6 nitrogen and oxygen atoms in total. The van der Waals surface area contributed by atoms with Gasteiger partial charge in [-0.15, -0.1) is 48.1 Å². The van der Waals surface area contributed by atoms with Gasteiger partial charge < -0.3 is 23.8 Å². The van der Waals surface area contributed by atoms with Gasteiger partial charge in [-0.1, -0.05) is 195 Å². The van der Waals surface area contributed by atoms with Gasteiger partial charge in [0, 0.05) is 83.6 Å². The van der Waals surface area contributed by atoms with Gasteiger partial charge in [0.2, 0.25) is 0 Å². The number of nitrogens with zero attached hydrogens (tertiary/aromatic N) is 4. The maximum Gasteiger partial charge on any atom is 0.135 e. The smallest absolute Gasteiger partial charge is 0.135 e. The van der Waals surface area contributed by atoms with E-state index in [0.717, 1.165) is 67.1 Å². The Kier molecular flexibility index (Phi) is 10.5. The number of anilines is 4. The van der Waals surface area contributed by atoms with Crippen molar-refractivity contribution in [2.24, 2.45) is 0 Å². The summed E-state index contributed by atoms with van der Waals surface area (Å²) < 4.78 is 133. The molecule has 0 amide bonds. The van der Waals surface area contributed by atoms with Crippen molar-refractivity contribution in [1.82, 2.24) is 9.55 Å². The molecule has 0 fully saturated rings. The first-order valence-corrected chi connectivity index (χ1v) is 28.0. The summed E-state index contributed by atoms with van der Waals surface area (Å²) in [4.78, 5) is 9.36. The van der Waals surface area contributed by atoms with E-state index in [0.29, 0.717) is 45.2 Å². The van der Waals surface area contributed by atoms with Crippen LogP contribution in [0.5, 0.6) is 23.0 Å². The Morgan fingerprint density at radius 1 is 0.482 bits per heavy atom. The summed E-state index contributed by atoms with van der Waals surface area (Å²) in [6.07, 6.45) is 1.76. The molecular weight excluding hydrogens is 1220 g/mol. The fourth-order valence-corrected chi connectivity index (χ4v) is 11.3. The van der Waals surface area contributed by atoms with Crippen LogP contribution in [0.3, 0.4) is 0 Å². The topological polar surface area (TPSA) is 42.8 Å². The van der Waals surface area contributed by atoms with E-state index in [1.54, 1.807) is 29.0 Å². The Labute approximate surface area is 532 Å². The van der Waals surface area contributed by atoms with Gasteiger partial charge in [0.1, 0.15) is 17.3 Å². The average molecular weight is 1300 g/mol. The fraction of sp³-hybridized carbons (Fsp3) is 0.154. The number of hydrogen-bond acceptors (Lipinski definition) is 5. The maximum atomic E-state index is 10.1. The van der Waals surface area contributed by atoms with Gasteiger partial charge in [-0.25, -0.2) is 4.98 Å². The van der Waals surface area contributed by atoms with E-state index < -0.39 is 70.6 Å². The van der Waals surface area contributed by atoms with Gasteiger partial charge in [0.05, 0.1) is 17.8 Å². The Hall–Kier alpha value is -8.96. The molecule has 85 heavy (non-hydrogen) atoms. The minimum absolute atomic E-state index is 0. The van der Waals surface area contributed by atoms with E-state index >= 15 is 0 Å². The SMILES string of the molecule is [2H]c1c([2H])c([2H])c(-c2cc(-c3cc(C(C)(C)C)cc4c3N3[CH-]N(c5[c-]c(ccc5)Oc5[c-]c6c(cc5)c5c([2H])c([2H])c(-c7c([2H])c([2H])c([2H])c([2H])c7[2H])c([2H])c5n6-c5cc(C(C)(C)C)c(cn5)-c5cccc(c5)Oc5ccccc5-4)c4ccccc43)cc(C(C)(C)C)c2)c([2H])c1[2H].[Pt]. The molecule has 0 aliphatic carbocycles. The van der Waals surface area contributed by atoms with Gasteiger partial charge in [-0.3, -0.25) is 0 Å². The molecule has 0 N–H and O–H groups in total. The predicted molar refractivity (Wildman–Crippen MR) is 348 cm³/mol. The van der Waals surface area contributed by atoms with Crippen LogP contribution in [0.25, 0.3) is 83.3 Å². The van der Waals surface area contributed by atoms with E-state index in [4.69, 9.17) is 25.4 Å². The predicted octanol–water partition coefficient (Wildman–Crippen LogP) is 21.3. The second-order valence-corrected chi connectivity index (χ2v) is 24.4. The summed E-state index contributed by atoms with van der Waals surface area (Å²) in [5.74, 6) is 1.89. The van der Waals surface area contributed by atoms with Gasteiger partial charge in [0.15, 0.2) is 0 Å². The molecule has 10 bridgehead atoms. The van der Waals surface area contributed by atoms with Gasteiger partial charge in [0.25, 0.3) is 0 Å². The van der Waals surface area contributed by atoms with Crippen LogP contribution in [-0.2, 0) is 37.3 Å². The normalized spacial score (nSPS) is 15.1. The molecule has 0 spiro atoms. The molecule has 0 radical (unpaired) electrons. The van der Waals surface area contributed by atoms with Crippen LogP contribution >= 0.6 is 0 Å². The zero-order chi connectivity index (χ0) is 69.0. The molecule has 3 aliphatic rings. The monoisotopic (exact) mass is 1300 g/mol. The van der Waals surface area contributed by atoms with E-state index in [1.807, 2.05) is 109 Å². The zero-order valence-corrected chi connectivity index (χ0v) is 50.6. The largest absolute Gasteiger partial charge is 0.509 e. The fourth-order valence-electron chi connectivity index (χ4n) is 11.3. The molecular formula is C78H65N4O2Pt-3. The molecule has 12 aromatic rings. The number of ether oxygens (including phenoxy) is 2. The summed E-state index contributed by atoms with van der Waals surface area (Å²) in [5, 5.41) is 0.613. The zero-order valence-electron chi connectivity index (χ0n) is 61.4. The number of para-hydroxylation sites is 3. The Bertz CT molecular complexity index is 5300. The number of pyridine rings is 1. The molecule has 7 heteroatoms. The Balaban J connectivity index is 0.00000864.